The third kappa shape index (κ3) is 6.13. The van der Waals surface area contributed by atoms with Crippen LogP contribution in [0.1, 0.15) is 42.5 Å². The maximum atomic E-state index is 12.5. The lowest BCUT2D eigenvalue weighted by Gasteiger charge is -2.23. The SMILES string of the molecule is Cc1cc(C)cc(N(CCCC(=O)N[C@H](C)c2ccc3c(c2)OCCO3)S(C)(=O)=O)c1. The fraction of sp³-hybridized carbons (Fsp3) is 0.435. The minimum Gasteiger partial charge on any atom is -0.486 e. The number of nitrogens with one attached hydrogen (secondary N) is 1. The van der Waals surface area contributed by atoms with E-state index in [0.29, 0.717) is 36.8 Å². The normalized spacial score (nSPS) is 14.1. The number of ether oxygens (including phenoxy) is 2. The molecule has 0 aliphatic carbocycles. The Morgan fingerprint density at radius 1 is 1.06 bits per heavy atom. The number of rotatable bonds is 8. The molecule has 8 heteroatoms. The van der Waals surface area contributed by atoms with Crippen molar-refractivity contribution in [3.05, 3.63) is 53.1 Å². The van der Waals surface area contributed by atoms with Gasteiger partial charge in [0.25, 0.3) is 0 Å². The van der Waals surface area contributed by atoms with E-state index < -0.39 is 10.0 Å². The number of aryl methyl sites for hydroxylation is 2. The number of nitrogens with zero attached hydrogens (tertiary/aromatic N) is 1. The number of benzene rings is 2. The number of hydrogen-bond donors (Lipinski definition) is 1. The number of sulfonamides is 1. The van der Waals surface area contributed by atoms with E-state index >= 15 is 0 Å². The molecule has 1 N–H and O–H groups in total. The summed E-state index contributed by atoms with van der Waals surface area (Å²) in [4.78, 5) is 12.5. The van der Waals surface area contributed by atoms with Crippen LogP contribution in [-0.4, -0.2) is 40.3 Å². The van der Waals surface area contributed by atoms with E-state index in [4.69, 9.17) is 9.47 Å². The molecule has 31 heavy (non-hydrogen) atoms. The van der Waals surface area contributed by atoms with Gasteiger partial charge in [-0.25, -0.2) is 8.42 Å². The van der Waals surface area contributed by atoms with Crippen molar-refractivity contribution in [1.29, 1.82) is 0 Å². The summed E-state index contributed by atoms with van der Waals surface area (Å²) in [7, 11) is -3.45. The van der Waals surface area contributed by atoms with Gasteiger partial charge in [-0.05, 0) is 68.1 Å². The molecular formula is C23H30N2O5S. The largest absolute Gasteiger partial charge is 0.486 e. The summed E-state index contributed by atoms with van der Waals surface area (Å²) in [6.07, 6.45) is 1.83. The molecule has 1 heterocycles. The average Bonchev–Trinajstić information content (AvgIpc) is 2.69. The number of hydrogen-bond acceptors (Lipinski definition) is 5. The number of anilines is 1. The summed E-state index contributed by atoms with van der Waals surface area (Å²) in [5, 5.41) is 2.97. The molecule has 0 bridgehead atoms. The molecule has 1 aliphatic rings. The van der Waals surface area contributed by atoms with E-state index in [9.17, 15) is 13.2 Å². The van der Waals surface area contributed by atoms with Crippen LogP contribution >= 0.6 is 0 Å². The van der Waals surface area contributed by atoms with E-state index in [2.05, 4.69) is 5.32 Å². The maximum absolute atomic E-state index is 12.5. The Labute approximate surface area is 184 Å². The molecule has 0 spiro atoms. The van der Waals surface area contributed by atoms with Crippen molar-refractivity contribution in [3.63, 3.8) is 0 Å². The Morgan fingerprint density at radius 2 is 1.71 bits per heavy atom. The first-order valence-electron chi connectivity index (χ1n) is 10.4. The molecule has 0 fully saturated rings. The minimum absolute atomic E-state index is 0.128. The van der Waals surface area contributed by atoms with Gasteiger partial charge in [-0.1, -0.05) is 12.1 Å². The molecule has 7 nitrogen and oxygen atoms in total. The highest BCUT2D eigenvalue weighted by Crippen LogP contribution is 2.32. The fourth-order valence-electron chi connectivity index (χ4n) is 3.69. The van der Waals surface area contributed by atoms with Crippen molar-refractivity contribution in [2.45, 2.75) is 39.7 Å². The van der Waals surface area contributed by atoms with Gasteiger partial charge >= 0.3 is 0 Å². The second-order valence-electron chi connectivity index (χ2n) is 7.98. The lowest BCUT2D eigenvalue weighted by atomic mass is 10.1. The van der Waals surface area contributed by atoms with Gasteiger partial charge in [0.05, 0.1) is 18.0 Å². The summed E-state index contributed by atoms with van der Waals surface area (Å²) in [6.45, 7) is 7.06. The van der Waals surface area contributed by atoms with E-state index in [1.165, 1.54) is 10.6 Å². The Bertz CT molecular complexity index is 1030. The highest BCUT2D eigenvalue weighted by Gasteiger charge is 2.19. The molecule has 2 aromatic rings. The molecule has 1 aliphatic heterocycles. The zero-order valence-electron chi connectivity index (χ0n) is 18.5. The van der Waals surface area contributed by atoms with Crippen LogP contribution in [0.5, 0.6) is 11.5 Å². The molecule has 0 radical (unpaired) electrons. The van der Waals surface area contributed by atoms with E-state index in [1.54, 1.807) is 0 Å². The van der Waals surface area contributed by atoms with Crippen LogP contribution in [-0.2, 0) is 14.8 Å². The molecule has 2 aromatic carbocycles. The number of carbonyl (C=O) groups is 1. The molecule has 1 atom stereocenters. The highest BCUT2D eigenvalue weighted by molar-refractivity contribution is 7.92. The van der Waals surface area contributed by atoms with E-state index in [0.717, 1.165) is 16.7 Å². The van der Waals surface area contributed by atoms with Gasteiger partial charge in [0.15, 0.2) is 11.5 Å². The Hall–Kier alpha value is -2.74. The number of fused-ring (bicyclic) bond motifs is 1. The third-order valence-corrected chi connectivity index (χ3v) is 6.30. The molecule has 168 valence electrons. The van der Waals surface area contributed by atoms with Crippen LogP contribution in [0.2, 0.25) is 0 Å². The summed E-state index contributed by atoms with van der Waals surface area (Å²) >= 11 is 0. The van der Waals surface area contributed by atoms with Crippen LogP contribution in [0, 0.1) is 13.8 Å². The highest BCUT2D eigenvalue weighted by atomic mass is 32.2. The molecule has 1 amide bonds. The first-order valence-corrected chi connectivity index (χ1v) is 12.2. The average molecular weight is 447 g/mol. The quantitative estimate of drug-likeness (QED) is 0.671. The Morgan fingerprint density at radius 3 is 2.35 bits per heavy atom. The lowest BCUT2D eigenvalue weighted by Crippen LogP contribution is -2.32. The van der Waals surface area contributed by atoms with Crippen LogP contribution in [0.3, 0.4) is 0 Å². The van der Waals surface area contributed by atoms with Gasteiger partial charge in [-0.2, -0.15) is 0 Å². The fourth-order valence-corrected chi connectivity index (χ4v) is 4.64. The van der Waals surface area contributed by atoms with Crippen LogP contribution in [0.25, 0.3) is 0 Å². The molecule has 0 unspecified atom stereocenters. The molecule has 0 saturated carbocycles. The zero-order chi connectivity index (χ0) is 22.6. The standard InChI is InChI=1S/C23H30N2O5S/c1-16-12-17(2)14-20(13-16)25(31(4,27)28)9-5-6-23(26)24-18(3)19-7-8-21-22(15-19)30-11-10-29-21/h7-8,12-15,18H,5-6,9-11H2,1-4H3,(H,24,26)/t18-/m1/s1. The topological polar surface area (TPSA) is 84.9 Å². The van der Waals surface area contributed by atoms with E-state index in [-0.39, 0.29) is 24.9 Å². The van der Waals surface area contributed by atoms with Crippen molar-refractivity contribution in [2.24, 2.45) is 0 Å². The number of carbonyl (C=O) groups excluding carboxylic acids is 1. The van der Waals surface area contributed by atoms with Gasteiger partial charge in [0.1, 0.15) is 13.2 Å². The molecule has 0 saturated heterocycles. The summed E-state index contributed by atoms with van der Waals surface area (Å²) < 4.78 is 37.1. The second kappa shape index (κ2) is 9.60. The van der Waals surface area contributed by atoms with Crippen LogP contribution in [0.4, 0.5) is 5.69 Å². The summed E-state index contributed by atoms with van der Waals surface area (Å²) in [5.74, 6) is 1.26. The predicted molar refractivity (Wildman–Crippen MR) is 121 cm³/mol. The van der Waals surface area contributed by atoms with Gasteiger partial charge in [0.2, 0.25) is 15.9 Å². The van der Waals surface area contributed by atoms with Crippen molar-refractivity contribution < 1.29 is 22.7 Å². The second-order valence-corrected chi connectivity index (χ2v) is 9.88. The van der Waals surface area contributed by atoms with Gasteiger partial charge in [-0.3, -0.25) is 9.10 Å². The molecule has 3 rings (SSSR count). The van der Waals surface area contributed by atoms with Gasteiger partial charge in [-0.15, -0.1) is 0 Å². The Kier molecular flexibility index (Phi) is 7.10. The maximum Gasteiger partial charge on any atom is 0.232 e. The molecule has 0 aromatic heterocycles. The minimum atomic E-state index is -3.45. The third-order valence-electron chi connectivity index (χ3n) is 5.10. The van der Waals surface area contributed by atoms with Gasteiger partial charge in [0, 0.05) is 13.0 Å². The van der Waals surface area contributed by atoms with Crippen LogP contribution < -0.4 is 19.1 Å². The molecular weight excluding hydrogens is 416 g/mol. The first-order chi connectivity index (χ1) is 14.6. The van der Waals surface area contributed by atoms with Crippen molar-refractivity contribution >= 4 is 21.6 Å². The predicted octanol–water partition coefficient (Wildman–Crippen LogP) is 3.50. The van der Waals surface area contributed by atoms with E-state index in [1.807, 2.05) is 57.2 Å². The van der Waals surface area contributed by atoms with Gasteiger partial charge < -0.3 is 14.8 Å². The van der Waals surface area contributed by atoms with Crippen LogP contribution in [0.15, 0.2) is 36.4 Å². The first kappa shape index (κ1) is 22.9. The lowest BCUT2D eigenvalue weighted by molar-refractivity contribution is -0.121. The summed E-state index contributed by atoms with van der Waals surface area (Å²) in [5.41, 5.74) is 3.54. The smallest absolute Gasteiger partial charge is 0.232 e. The van der Waals surface area contributed by atoms with Crippen molar-refractivity contribution in [1.82, 2.24) is 5.32 Å². The number of amides is 1. The monoisotopic (exact) mass is 446 g/mol. The van der Waals surface area contributed by atoms with Crippen molar-refractivity contribution in [3.8, 4) is 11.5 Å². The van der Waals surface area contributed by atoms with Crippen molar-refractivity contribution in [2.75, 3.05) is 30.3 Å². The zero-order valence-corrected chi connectivity index (χ0v) is 19.3. The Balaban J connectivity index is 1.58. The summed E-state index contributed by atoms with van der Waals surface area (Å²) in [6, 6.07) is 11.1.